The Bertz CT molecular complexity index is 1340. The molecule has 1 aromatic carbocycles. The normalized spacial score (nSPS) is 16.1. The molecule has 1 aliphatic heterocycles. The molecule has 4 heterocycles. The van der Waals surface area contributed by atoms with E-state index in [-0.39, 0.29) is 12.3 Å². The quantitative estimate of drug-likeness (QED) is 0.449. The van der Waals surface area contributed by atoms with Crippen molar-refractivity contribution in [3.8, 4) is 11.3 Å². The number of fused-ring (bicyclic) bond motifs is 2. The van der Waals surface area contributed by atoms with Crippen LogP contribution in [0.2, 0.25) is 0 Å². The smallest absolute Gasteiger partial charge is 0.225 e. The number of carbonyl (C=O) groups is 1. The first-order valence-corrected chi connectivity index (χ1v) is 12.2. The van der Waals surface area contributed by atoms with Crippen LogP contribution in [-0.2, 0) is 4.79 Å². The van der Waals surface area contributed by atoms with Gasteiger partial charge in [-0.25, -0.2) is 9.50 Å². The highest BCUT2D eigenvalue weighted by molar-refractivity contribution is 5.94. The molecule has 34 heavy (non-hydrogen) atoms. The second kappa shape index (κ2) is 8.87. The first kappa shape index (κ1) is 22.6. The number of carbonyl (C=O) groups excluding carboxylic acids is 1. The molecule has 7 heteroatoms. The summed E-state index contributed by atoms with van der Waals surface area (Å²) in [6.45, 7) is 9.67. The molecule has 5 rings (SSSR count). The summed E-state index contributed by atoms with van der Waals surface area (Å²) in [5.41, 5.74) is 7.86. The molecule has 178 valence electrons. The lowest BCUT2D eigenvalue weighted by atomic mass is 9.87. The summed E-state index contributed by atoms with van der Waals surface area (Å²) in [5.74, 6) is 0.823. The zero-order chi connectivity index (χ0) is 24.0. The van der Waals surface area contributed by atoms with E-state index >= 15 is 0 Å². The zero-order valence-electron chi connectivity index (χ0n) is 20.4. The first-order valence-electron chi connectivity index (χ1n) is 12.2. The summed E-state index contributed by atoms with van der Waals surface area (Å²) in [7, 11) is 0. The highest BCUT2D eigenvalue weighted by atomic mass is 16.3. The van der Waals surface area contributed by atoms with Crippen molar-refractivity contribution in [3.63, 3.8) is 0 Å². The number of aliphatic hydroxyl groups is 1. The fraction of sp³-hybridized carbons (Fsp3) is 0.444. The highest BCUT2D eigenvalue weighted by Gasteiger charge is 2.26. The van der Waals surface area contributed by atoms with Crippen molar-refractivity contribution in [3.05, 3.63) is 53.5 Å². The number of aliphatic hydroxyl groups excluding tert-OH is 1. The van der Waals surface area contributed by atoms with Gasteiger partial charge in [-0.3, -0.25) is 4.79 Å². The molecule has 1 amide bonds. The molecule has 0 saturated carbocycles. The van der Waals surface area contributed by atoms with E-state index < -0.39 is 6.10 Å². The van der Waals surface area contributed by atoms with Gasteiger partial charge in [-0.05, 0) is 73.9 Å². The van der Waals surface area contributed by atoms with Gasteiger partial charge in [-0.2, -0.15) is 5.10 Å². The fourth-order valence-electron chi connectivity index (χ4n) is 5.37. The number of hydrogen-bond acceptors (Lipinski definition) is 4. The number of nitrogens with zero attached hydrogens (tertiary/aromatic N) is 4. The number of aromatic amines is 1. The molecule has 7 nitrogen and oxygen atoms in total. The number of hydrogen-bond donors (Lipinski definition) is 2. The van der Waals surface area contributed by atoms with E-state index in [1.165, 1.54) is 16.5 Å². The van der Waals surface area contributed by atoms with E-state index in [9.17, 15) is 9.90 Å². The van der Waals surface area contributed by atoms with Crippen molar-refractivity contribution < 1.29 is 9.90 Å². The van der Waals surface area contributed by atoms with Crippen LogP contribution in [0.25, 0.3) is 27.8 Å². The number of piperidine rings is 1. The molecule has 3 aromatic heterocycles. The fourth-order valence-corrected chi connectivity index (χ4v) is 5.37. The third-order valence-electron chi connectivity index (χ3n) is 7.11. The van der Waals surface area contributed by atoms with E-state index in [0.29, 0.717) is 11.8 Å². The number of likely N-dealkylation sites (tertiary alicyclic amines) is 1. The predicted octanol–water partition coefficient (Wildman–Crippen LogP) is 4.79. The minimum Gasteiger partial charge on any atom is -0.393 e. The third-order valence-corrected chi connectivity index (χ3v) is 7.11. The monoisotopic (exact) mass is 459 g/mol. The van der Waals surface area contributed by atoms with Crippen LogP contribution in [0, 0.1) is 6.92 Å². The van der Waals surface area contributed by atoms with Gasteiger partial charge in [0.1, 0.15) is 6.33 Å². The van der Waals surface area contributed by atoms with E-state index in [2.05, 4.69) is 59.2 Å². The minimum absolute atomic E-state index is 0.0548. The number of amides is 1. The maximum absolute atomic E-state index is 12.3. The zero-order valence-corrected chi connectivity index (χ0v) is 20.4. The minimum atomic E-state index is -0.586. The Morgan fingerprint density at radius 2 is 1.94 bits per heavy atom. The number of rotatable bonds is 5. The molecule has 2 N–H and O–H groups in total. The van der Waals surface area contributed by atoms with Crippen LogP contribution in [-0.4, -0.2) is 54.7 Å². The van der Waals surface area contributed by atoms with Crippen LogP contribution in [0.15, 0.2) is 36.7 Å². The largest absolute Gasteiger partial charge is 0.393 e. The Morgan fingerprint density at radius 3 is 2.65 bits per heavy atom. The lowest BCUT2D eigenvalue weighted by Gasteiger charge is -2.32. The number of pyridine rings is 1. The molecular weight excluding hydrogens is 426 g/mol. The number of nitrogens with one attached hydrogen (secondary N) is 1. The summed E-state index contributed by atoms with van der Waals surface area (Å²) in [6.07, 6.45) is 3.13. The van der Waals surface area contributed by atoms with Gasteiger partial charge in [0.25, 0.3) is 0 Å². The van der Waals surface area contributed by atoms with Crippen LogP contribution in [0.1, 0.15) is 68.7 Å². The van der Waals surface area contributed by atoms with Gasteiger partial charge in [0.2, 0.25) is 5.91 Å². The van der Waals surface area contributed by atoms with Crippen LogP contribution in [0.3, 0.4) is 0 Å². The van der Waals surface area contributed by atoms with Crippen molar-refractivity contribution in [2.24, 2.45) is 0 Å². The maximum atomic E-state index is 12.3. The van der Waals surface area contributed by atoms with Gasteiger partial charge in [-0.1, -0.05) is 19.9 Å². The molecule has 1 aliphatic rings. The molecule has 0 aliphatic carbocycles. The van der Waals surface area contributed by atoms with E-state index in [0.717, 1.165) is 54.0 Å². The summed E-state index contributed by atoms with van der Waals surface area (Å²) < 4.78 is 1.89. The average Bonchev–Trinajstić information content (AvgIpc) is 3.44. The first-order chi connectivity index (χ1) is 16.3. The molecule has 1 saturated heterocycles. The number of H-pyrrole nitrogens is 1. The maximum Gasteiger partial charge on any atom is 0.225 e. The van der Waals surface area contributed by atoms with Crippen molar-refractivity contribution in [1.82, 2.24) is 24.5 Å². The summed E-state index contributed by atoms with van der Waals surface area (Å²) in [5, 5.41) is 15.2. The van der Waals surface area contributed by atoms with Gasteiger partial charge < -0.3 is 15.0 Å². The van der Waals surface area contributed by atoms with Crippen LogP contribution < -0.4 is 0 Å². The van der Waals surface area contributed by atoms with E-state index in [1.807, 2.05) is 16.3 Å². The van der Waals surface area contributed by atoms with Crippen molar-refractivity contribution >= 4 is 22.5 Å². The SMILES string of the molecule is Cc1ccc(-c2[nH]c3ccc(C4CCN(C(=O)CC(C)O)CC4)cc3c2C(C)C)c2ncnn12. The number of aromatic nitrogens is 4. The van der Waals surface area contributed by atoms with Gasteiger partial charge in [0.05, 0.1) is 18.2 Å². The third kappa shape index (κ3) is 3.98. The average molecular weight is 460 g/mol. The lowest BCUT2D eigenvalue weighted by Crippen LogP contribution is -2.39. The van der Waals surface area contributed by atoms with Gasteiger partial charge >= 0.3 is 0 Å². The van der Waals surface area contributed by atoms with Crippen molar-refractivity contribution in [1.29, 1.82) is 0 Å². The summed E-state index contributed by atoms with van der Waals surface area (Å²) >= 11 is 0. The Labute approximate surface area is 199 Å². The van der Waals surface area contributed by atoms with Crippen molar-refractivity contribution in [2.45, 2.75) is 64.9 Å². The predicted molar refractivity (Wildman–Crippen MR) is 134 cm³/mol. The van der Waals surface area contributed by atoms with Crippen LogP contribution in [0.4, 0.5) is 0 Å². The second-order valence-corrected chi connectivity index (χ2v) is 9.97. The van der Waals surface area contributed by atoms with E-state index in [1.54, 1.807) is 13.3 Å². The Hall–Kier alpha value is -3.19. The molecule has 0 bridgehead atoms. The van der Waals surface area contributed by atoms with Gasteiger partial charge in [0, 0.05) is 35.2 Å². The summed E-state index contributed by atoms with van der Waals surface area (Å²) in [4.78, 5) is 22.4. The molecule has 4 aromatic rings. The number of benzene rings is 1. The van der Waals surface area contributed by atoms with Crippen LogP contribution >= 0.6 is 0 Å². The van der Waals surface area contributed by atoms with Crippen LogP contribution in [0.5, 0.6) is 0 Å². The Balaban J connectivity index is 1.48. The van der Waals surface area contributed by atoms with E-state index in [4.69, 9.17) is 0 Å². The van der Waals surface area contributed by atoms with Gasteiger partial charge in [-0.15, -0.1) is 0 Å². The topological polar surface area (TPSA) is 86.5 Å². The summed E-state index contributed by atoms with van der Waals surface area (Å²) in [6, 6.07) is 11.0. The molecular formula is C27H33N5O2. The molecule has 0 spiro atoms. The molecule has 1 unspecified atom stereocenters. The molecule has 0 radical (unpaired) electrons. The standard InChI is InChI=1S/C27H33N5O2/c1-16(2)25-22-14-20(19-9-11-31(12-10-19)24(34)13-18(4)33)6-8-23(22)30-26(25)21-7-5-17(3)32-27(21)28-15-29-32/h5-8,14-16,18-19,30,33H,9-13H2,1-4H3. The molecule has 1 fully saturated rings. The van der Waals surface area contributed by atoms with Crippen molar-refractivity contribution in [2.75, 3.05) is 13.1 Å². The van der Waals surface area contributed by atoms with Gasteiger partial charge in [0.15, 0.2) is 5.65 Å². The molecule has 1 atom stereocenters. The Morgan fingerprint density at radius 1 is 1.18 bits per heavy atom. The second-order valence-electron chi connectivity index (χ2n) is 9.97. The lowest BCUT2D eigenvalue weighted by molar-refractivity contribution is -0.134. The Kier molecular flexibility index (Phi) is 5.90. The number of aryl methyl sites for hydroxylation is 1. The highest BCUT2D eigenvalue weighted by Crippen LogP contribution is 2.39.